The zero-order valence-electron chi connectivity index (χ0n) is 5.93. The molecule has 0 radical (unpaired) electrons. The third kappa shape index (κ3) is 2.02. The normalized spacial score (nSPS) is 9.73. The molecule has 0 saturated heterocycles. The van der Waals surface area contributed by atoms with Crippen molar-refractivity contribution in [2.24, 2.45) is 0 Å². The van der Waals surface area contributed by atoms with Crippen LogP contribution < -0.4 is 5.48 Å². The van der Waals surface area contributed by atoms with E-state index in [0.29, 0.717) is 5.69 Å². The van der Waals surface area contributed by atoms with Gasteiger partial charge in [0.2, 0.25) is 0 Å². The van der Waals surface area contributed by atoms with E-state index in [1.807, 2.05) is 24.5 Å². The van der Waals surface area contributed by atoms with Crippen molar-refractivity contribution in [3.8, 4) is 0 Å². The number of anilines is 1. The molecule has 0 amide bonds. The maximum Gasteiger partial charge on any atom is 0.0274 e. The number of benzene rings is 1. The van der Waals surface area contributed by atoms with Gasteiger partial charge in [0.1, 0.15) is 0 Å². The second-order valence-corrected chi connectivity index (χ2v) is 3.24. The summed E-state index contributed by atoms with van der Waals surface area (Å²) < 4.78 is 0. The van der Waals surface area contributed by atoms with Crippen LogP contribution in [0.2, 0.25) is 0 Å². The zero-order chi connectivity index (χ0) is 8.27. The minimum absolute atomic E-state index is 0.579. The van der Waals surface area contributed by atoms with Crippen molar-refractivity contribution in [2.75, 3.05) is 5.48 Å². The van der Waals surface area contributed by atoms with Crippen LogP contribution in [0.3, 0.4) is 0 Å². The highest BCUT2D eigenvalue weighted by Gasteiger charge is 1.95. The van der Waals surface area contributed by atoms with Crippen molar-refractivity contribution in [1.29, 1.82) is 0 Å². The molecule has 1 aromatic rings. The van der Waals surface area contributed by atoms with Crippen LogP contribution in [0.1, 0.15) is 5.56 Å². The van der Waals surface area contributed by atoms with Crippen LogP contribution in [0.25, 0.3) is 0 Å². The first-order valence-corrected chi connectivity index (χ1v) is 4.69. The molecule has 1 N–H and O–H groups in total. The fourth-order valence-electron chi connectivity index (χ4n) is 0.759. The maximum absolute atomic E-state index is 10.3. The number of hydrogen-bond donors (Lipinski definition) is 1. The third-order valence-electron chi connectivity index (χ3n) is 1.41. The molecular weight excluding hydrogens is 182 g/mol. The van der Waals surface area contributed by atoms with Gasteiger partial charge in [0, 0.05) is 10.6 Å². The van der Waals surface area contributed by atoms with Crippen LogP contribution in [0.15, 0.2) is 23.1 Å². The highest BCUT2D eigenvalue weighted by Crippen LogP contribution is 2.26. The number of hydrogen-bond acceptors (Lipinski definition) is 3. The van der Waals surface area contributed by atoms with Gasteiger partial charge in [0.25, 0.3) is 0 Å². The van der Waals surface area contributed by atoms with Gasteiger partial charge in [-0.1, -0.05) is 6.07 Å². The Labute approximate surface area is 74.0 Å². The lowest BCUT2D eigenvalue weighted by Gasteiger charge is -2.12. The Balaban J connectivity index is 3.02. The zero-order valence-corrected chi connectivity index (χ0v) is 7.50. The fourth-order valence-corrected chi connectivity index (χ4v) is 1.33. The van der Waals surface area contributed by atoms with Gasteiger partial charge in [-0.25, -0.2) is 0 Å². The molecule has 0 bridgehead atoms. The van der Waals surface area contributed by atoms with Crippen molar-refractivity contribution >= 4 is 27.3 Å². The Morgan fingerprint density at radius 1 is 1.55 bits per heavy atom. The molecule has 11 heavy (non-hydrogen) atoms. The van der Waals surface area contributed by atoms with E-state index < -0.39 is 0 Å². The Hall–Kier alpha value is -0.380. The predicted molar refractivity (Wildman–Crippen MR) is 49.9 cm³/mol. The van der Waals surface area contributed by atoms with Gasteiger partial charge in [-0.15, -0.1) is 0 Å². The van der Waals surface area contributed by atoms with Crippen molar-refractivity contribution in [3.05, 3.63) is 29.0 Å². The summed E-state index contributed by atoms with van der Waals surface area (Å²) in [5.74, 6) is 0. The van der Waals surface area contributed by atoms with E-state index in [1.165, 1.54) is 0 Å². The topological polar surface area (TPSA) is 35.1 Å². The maximum atomic E-state index is 10.3. The first-order valence-electron chi connectivity index (χ1n) is 3.05. The average molecular weight is 189 g/mol. The highest BCUT2D eigenvalue weighted by atomic mass is 35.7. The molecule has 0 aliphatic rings. The van der Waals surface area contributed by atoms with Gasteiger partial charge < -0.3 is 10.7 Å². The first kappa shape index (κ1) is 8.71. The SMILES string of the molecule is Cc1ccc(SCl)cc1N[O-]. The lowest BCUT2D eigenvalue weighted by atomic mass is 10.2. The summed E-state index contributed by atoms with van der Waals surface area (Å²) >= 11 is 0. The summed E-state index contributed by atoms with van der Waals surface area (Å²) in [6, 6.07) is 5.44. The minimum atomic E-state index is 0.579. The molecule has 0 atom stereocenters. The smallest absolute Gasteiger partial charge is 0.0274 e. The molecule has 0 heterocycles. The molecule has 60 valence electrons. The minimum Gasteiger partial charge on any atom is -0.761 e. The van der Waals surface area contributed by atoms with Crippen molar-refractivity contribution in [2.45, 2.75) is 11.8 Å². The van der Waals surface area contributed by atoms with Crippen molar-refractivity contribution in [3.63, 3.8) is 0 Å². The molecule has 1 aromatic carbocycles. The first-order chi connectivity index (χ1) is 5.27. The van der Waals surface area contributed by atoms with Gasteiger partial charge >= 0.3 is 0 Å². The van der Waals surface area contributed by atoms with E-state index in [1.54, 1.807) is 6.07 Å². The second kappa shape index (κ2) is 3.85. The number of nitrogens with one attached hydrogen (secondary N) is 1. The summed E-state index contributed by atoms with van der Waals surface area (Å²) in [4.78, 5) is 0.871. The fraction of sp³-hybridized carbons (Fsp3) is 0.143. The molecule has 0 fully saturated rings. The standard InChI is InChI=1S/C7H7ClNOS/c1-5-2-3-6(11-8)4-7(5)9-10/h2-4,9H,1H3/q-1. The molecule has 4 heteroatoms. The molecule has 0 aliphatic carbocycles. The molecular formula is C7H7ClNOS-. The van der Waals surface area contributed by atoms with E-state index >= 15 is 0 Å². The lowest BCUT2D eigenvalue weighted by molar-refractivity contribution is 1.37. The van der Waals surface area contributed by atoms with E-state index in [9.17, 15) is 5.21 Å². The molecule has 0 spiro atoms. The highest BCUT2D eigenvalue weighted by molar-refractivity contribution is 8.21. The van der Waals surface area contributed by atoms with Crippen molar-refractivity contribution in [1.82, 2.24) is 0 Å². The molecule has 2 nitrogen and oxygen atoms in total. The summed E-state index contributed by atoms with van der Waals surface area (Å²) in [5, 5.41) is 10.3. The van der Waals surface area contributed by atoms with E-state index in [0.717, 1.165) is 21.4 Å². The van der Waals surface area contributed by atoms with Crippen LogP contribution in [0, 0.1) is 12.1 Å². The van der Waals surface area contributed by atoms with Crippen LogP contribution in [-0.2, 0) is 0 Å². The monoisotopic (exact) mass is 188 g/mol. The molecule has 0 aromatic heterocycles. The van der Waals surface area contributed by atoms with Crippen LogP contribution in [0.5, 0.6) is 0 Å². The van der Waals surface area contributed by atoms with Gasteiger partial charge in [-0.2, -0.15) is 0 Å². The quantitative estimate of drug-likeness (QED) is 0.725. The van der Waals surface area contributed by atoms with Crippen LogP contribution in [0.4, 0.5) is 5.69 Å². The molecule has 1 rings (SSSR count). The van der Waals surface area contributed by atoms with Gasteiger partial charge in [-0.3, -0.25) is 0 Å². The van der Waals surface area contributed by atoms with Crippen LogP contribution >= 0.6 is 21.7 Å². The lowest BCUT2D eigenvalue weighted by Crippen LogP contribution is -1.88. The van der Waals surface area contributed by atoms with E-state index in [-0.39, 0.29) is 0 Å². The van der Waals surface area contributed by atoms with E-state index in [2.05, 4.69) is 0 Å². The molecule has 0 unspecified atom stereocenters. The van der Waals surface area contributed by atoms with E-state index in [4.69, 9.17) is 10.7 Å². The Morgan fingerprint density at radius 2 is 2.27 bits per heavy atom. The summed E-state index contributed by atoms with van der Waals surface area (Å²) in [7, 11) is 6.60. The summed E-state index contributed by atoms with van der Waals surface area (Å²) in [6.07, 6.45) is 0. The Morgan fingerprint density at radius 3 is 2.82 bits per heavy atom. The summed E-state index contributed by atoms with van der Waals surface area (Å²) in [6.45, 7) is 1.86. The molecule has 0 aliphatic heterocycles. The van der Waals surface area contributed by atoms with Gasteiger partial charge in [-0.05, 0) is 46.3 Å². The Bertz CT molecular complexity index is 254. The number of rotatable bonds is 2. The third-order valence-corrected chi connectivity index (χ3v) is 2.37. The largest absolute Gasteiger partial charge is 0.761 e. The second-order valence-electron chi connectivity index (χ2n) is 2.16. The predicted octanol–water partition coefficient (Wildman–Crippen LogP) is 3.15. The Kier molecular flexibility index (Phi) is 3.05. The van der Waals surface area contributed by atoms with Gasteiger partial charge in [0.15, 0.2) is 0 Å². The number of aryl methyl sites for hydroxylation is 1. The molecule has 0 saturated carbocycles. The summed E-state index contributed by atoms with van der Waals surface area (Å²) in [5.41, 5.74) is 3.35. The van der Waals surface area contributed by atoms with Crippen molar-refractivity contribution < 1.29 is 0 Å². The number of halogens is 1. The van der Waals surface area contributed by atoms with Gasteiger partial charge in [0.05, 0.1) is 0 Å². The van der Waals surface area contributed by atoms with Crippen LogP contribution in [-0.4, -0.2) is 0 Å². The average Bonchev–Trinajstić information content (AvgIpc) is 2.05.